The van der Waals surface area contributed by atoms with Crippen molar-refractivity contribution in [3.8, 4) is 11.5 Å². The molecule has 0 radical (unpaired) electrons. The van der Waals surface area contributed by atoms with Crippen molar-refractivity contribution in [3.05, 3.63) is 125 Å². The van der Waals surface area contributed by atoms with E-state index in [-0.39, 0.29) is 35.1 Å². The van der Waals surface area contributed by atoms with Gasteiger partial charge in [0.2, 0.25) is 9.84 Å². The number of nitrogens with one attached hydrogen (secondary N) is 1. The molecule has 0 aliphatic heterocycles. The van der Waals surface area contributed by atoms with Crippen LogP contribution in [-0.4, -0.2) is 61.3 Å². The van der Waals surface area contributed by atoms with Gasteiger partial charge in [0, 0.05) is 17.9 Å². The topological polar surface area (TPSA) is 172 Å². The molecule has 13 nitrogen and oxygen atoms in total. The normalized spacial score (nSPS) is 12.4. The van der Waals surface area contributed by atoms with Crippen molar-refractivity contribution in [2.45, 2.75) is 70.4 Å². The summed E-state index contributed by atoms with van der Waals surface area (Å²) in [7, 11) is -5.31. The van der Waals surface area contributed by atoms with Gasteiger partial charge in [-0.2, -0.15) is 9.97 Å². The van der Waals surface area contributed by atoms with Crippen LogP contribution >= 0.6 is 0 Å². The molecule has 2 aromatic heterocycles. The van der Waals surface area contributed by atoms with Gasteiger partial charge < -0.3 is 24.6 Å². The summed E-state index contributed by atoms with van der Waals surface area (Å²) in [6.45, 7) is 12.0. The number of carbonyl (C=O) groups is 1. The molecule has 2 heterocycles. The second kappa shape index (κ2) is 15.5. The summed E-state index contributed by atoms with van der Waals surface area (Å²) in [4.78, 5) is 39.5. The largest absolute Gasteiger partial charge is 0.534 e. The van der Waals surface area contributed by atoms with Gasteiger partial charge in [-0.1, -0.05) is 93.6 Å². The van der Waals surface area contributed by atoms with Gasteiger partial charge in [-0.3, -0.25) is 9.47 Å². The minimum atomic E-state index is -3.83. The molecule has 6 aromatic rings. The van der Waals surface area contributed by atoms with Crippen LogP contribution in [-0.2, 0) is 27.7 Å². The minimum Gasteiger partial charge on any atom is -0.534 e. The number of benzene rings is 4. The number of hydrogen-bond acceptors (Lipinski definition) is 10. The van der Waals surface area contributed by atoms with E-state index < -0.39 is 40.7 Å². The van der Waals surface area contributed by atoms with E-state index in [1.54, 1.807) is 32.9 Å². The van der Waals surface area contributed by atoms with Crippen LogP contribution in [0.3, 0.4) is 0 Å². The molecule has 6 rings (SSSR count). The quantitative estimate of drug-likeness (QED) is 0.116. The first-order valence-corrected chi connectivity index (χ1v) is 22.1. The average Bonchev–Trinajstić information content (AvgIpc) is 3.47. The van der Waals surface area contributed by atoms with Crippen molar-refractivity contribution in [2.75, 3.05) is 24.0 Å². The van der Waals surface area contributed by atoms with Gasteiger partial charge in [0.25, 0.3) is 5.16 Å². The molecule has 1 amide bonds. The first-order valence-electron chi connectivity index (χ1n) is 18.3. The number of sulfone groups is 1. The first-order chi connectivity index (χ1) is 26.8. The zero-order valence-electron chi connectivity index (χ0n) is 33.4. The van der Waals surface area contributed by atoms with Crippen LogP contribution in [0.2, 0.25) is 5.04 Å². The molecular weight excluding hydrogens is 761 g/mol. The van der Waals surface area contributed by atoms with E-state index in [4.69, 9.17) is 19.6 Å². The number of methoxy groups -OCH3 is 1. The van der Waals surface area contributed by atoms with Gasteiger partial charge in [-0.05, 0) is 66.0 Å². The number of aromatic amines is 1. The van der Waals surface area contributed by atoms with E-state index in [1.165, 1.54) is 16.6 Å². The van der Waals surface area contributed by atoms with Crippen molar-refractivity contribution in [1.82, 2.24) is 19.5 Å². The third-order valence-corrected chi connectivity index (χ3v) is 15.2. The zero-order valence-corrected chi connectivity index (χ0v) is 35.2. The highest BCUT2D eigenvalue weighted by Gasteiger charge is 2.52. The van der Waals surface area contributed by atoms with E-state index in [0.29, 0.717) is 28.3 Å². The zero-order chi connectivity index (χ0) is 41.3. The highest BCUT2D eigenvalue weighted by molar-refractivity contribution is 7.90. The summed E-state index contributed by atoms with van der Waals surface area (Å²) < 4.78 is 44.9. The monoisotopic (exact) mass is 808 g/mol. The number of ether oxygens (including phenoxy) is 2. The Morgan fingerprint density at radius 1 is 0.877 bits per heavy atom. The molecule has 298 valence electrons. The van der Waals surface area contributed by atoms with E-state index in [9.17, 15) is 18.0 Å². The maximum absolute atomic E-state index is 14.1. The molecule has 0 saturated heterocycles. The Balaban J connectivity index is 1.43. The third-order valence-electron chi connectivity index (χ3n) is 9.41. The number of hydrogen-bond donors (Lipinski definition) is 2. The van der Waals surface area contributed by atoms with E-state index in [2.05, 4.69) is 60.0 Å². The summed E-state index contributed by atoms with van der Waals surface area (Å²) in [5.74, 6) is 0.912. The molecule has 0 unspecified atom stereocenters. The Morgan fingerprint density at radius 2 is 1.51 bits per heavy atom. The number of imidazole rings is 1. The molecular formula is C42H48N6O7SSi. The fourth-order valence-electron chi connectivity index (χ4n) is 6.87. The lowest BCUT2D eigenvalue weighted by atomic mass is 10.1. The van der Waals surface area contributed by atoms with E-state index in [0.717, 1.165) is 16.6 Å². The second-order valence-corrected chi connectivity index (χ2v) is 22.0. The Labute approximate surface area is 333 Å². The van der Waals surface area contributed by atoms with Gasteiger partial charge in [0.05, 0.1) is 25.9 Å². The summed E-state index contributed by atoms with van der Waals surface area (Å²) in [6.07, 6.45) is 0.373. The molecule has 57 heavy (non-hydrogen) atoms. The van der Waals surface area contributed by atoms with Gasteiger partial charge >= 0.3 is 20.1 Å². The van der Waals surface area contributed by atoms with Gasteiger partial charge in [0.15, 0.2) is 11.5 Å². The molecule has 15 heteroatoms. The molecule has 0 aliphatic rings. The maximum Gasteiger partial charge on any atom is 0.415 e. The summed E-state index contributed by atoms with van der Waals surface area (Å²) >= 11 is 0. The number of aromatic nitrogens is 4. The minimum absolute atomic E-state index is 0.0102. The molecule has 3 N–H and O–H groups in total. The smallest absolute Gasteiger partial charge is 0.415 e. The lowest BCUT2D eigenvalue weighted by Gasteiger charge is -2.43. The Morgan fingerprint density at radius 3 is 2.07 bits per heavy atom. The molecule has 4 aromatic carbocycles. The Kier molecular flexibility index (Phi) is 11.1. The predicted octanol–water partition coefficient (Wildman–Crippen LogP) is 6.04. The molecule has 0 saturated carbocycles. The van der Waals surface area contributed by atoms with Crippen LogP contribution in [0.5, 0.6) is 11.5 Å². The van der Waals surface area contributed by atoms with Crippen molar-refractivity contribution >= 4 is 57.3 Å². The van der Waals surface area contributed by atoms with Crippen LogP contribution < -0.4 is 35.9 Å². The molecule has 0 spiro atoms. The molecule has 0 bridgehead atoms. The highest BCUT2D eigenvalue weighted by Crippen LogP contribution is 2.39. The molecule has 0 atom stereocenters. The number of anilines is 2. The van der Waals surface area contributed by atoms with Gasteiger partial charge in [-0.15, -0.1) is 0 Å². The number of rotatable bonds is 11. The number of nitrogens with zero attached hydrogens (tertiary/aromatic N) is 4. The van der Waals surface area contributed by atoms with Crippen LogP contribution in [0, 0.1) is 0 Å². The van der Waals surface area contributed by atoms with Gasteiger partial charge in [0.1, 0.15) is 22.6 Å². The van der Waals surface area contributed by atoms with E-state index >= 15 is 0 Å². The summed E-state index contributed by atoms with van der Waals surface area (Å²) in [6, 6.07) is 33.4. The van der Waals surface area contributed by atoms with Crippen molar-refractivity contribution in [2.24, 2.45) is 0 Å². The van der Waals surface area contributed by atoms with Crippen molar-refractivity contribution in [1.29, 1.82) is 0 Å². The Hall–Kier alpha value is -5.93. The van der Waals surface area contributed by atoms with Crippen LogP contribution in [0.4, 0.5) is 16.3 Å². The second-order valence-electron chi connectivity index (χ2n) is 15.9. The van der Waals surface area contributed by atoms with Crippen LogP contribution in [0.1, 0.15) is 52.7 Å². The first kappa shape index (κ1) is 40.7. The number of carbonyl (C=O) groups excluding carboxylic acids is 1. The van der Waals surface area contributed by atoms with Crippen molar-refractivity contribution in [3.63, 3.8) is 0 Å². The van der Waals surface area contributed by atoms with Crippen molar-refractivity contribution < 1.29 is 27.1 Å². The summed E-state index contributed by atoms with van der Waals surface area (Å²) in [5, 5.41) is 1.41. The van der Waals surface area contributed by atoms with E-state index in [1.807, 2.05) is 66.7 Å². The average molecular weight is 809 g/mol. The Bertz CT molecular complexity index is 2540. The lowest BCUT2D eigenvalue weighted by molar-refractivity contribution is 0.0577. The standard InChI is InChI=1S/C42H48N6O7SSi/c1-41(2,3)54-40(50)47(30-16-15-17-31(25-30)55-57(42(4,5)6,32-18-11-9-12-19-32)33-20-13-10-14-21-33)27-29-24-28(22-23-34(29)53-7)26-48-37-35(44-39(48)49)36(43)45-38(46-37)56(8,51)52/h9-25H,26-27H2,1-8H3,(H,44,49)(H2,43,45,46). The SMILES string of the molecule is COc1ccc(Cn2c(=O)[nH]c3c(N)nc(S(C)(=O)=O)nc32)cc1CN(C(=O)OC(C)(C)C)c1cccc(O[Si](c2ccccc2)(c2ccccc2)C(C)(C)C)c1. The fourth-order valence-corrected chi connectivity index (χ4v) is 11.8. The molecule has 0 aliphatic carbocycles. The number of H-pyrrole nitrogens is 1. The maximum atomic E-state index is 14.1. The van der Waals surface area contributed by atoms with Crippen LogP contribution in [0.25, 0.3) is 11.2 Å². The molecule has 0 fully saturated rings. The number of nitrogens with two attached hydrogens (primary N) is 1. The number of nitrogen functional groups attached to an aromatic ring is 1. The lowest BCUT2D eigenvalue weighted by Crippen LogP contribution is -2.68. The summed E-state index contributed by atoms with van der Waals surface area (Å²) in [5.41, 5.74) is 6.60. The predicted molar refractivity (Wildman–Crippen MR) is 225 cm³/mol. The number of amides is 1. The van der Waals surface area contributed by atoms with Crippen LogP contribution in [0.15, 0.2) is 113 Å². The number of fused-ring (bicyclic) bond motifs is 1. The third kappa shape index (κ3) is 8.59. The highest BCUT2D eigenvalue weighted by atomic mass is 32.2. The van der Waals surface area contributed by atoms with Gasteiger partial charge in [-0.25, -0.2) is 18.0 Å². The fraction of sp³-hybridized carbons (Fsp3) is 0.286.